The van der Waals surface area contributed by atoms with Gasteiger partial charge in [-0.15, -0.1) is 0 Å². The van der Waals surface area contributed by atoms with Gasteiger partial charge in [-0.3, -0.25) is 19.7 Å². The molecule has 0 aliphatic rings. The van der Waals surface area contributed by atoms with Crippen molar-refractivity contribution in [2.45, 2.75) is 0 Å². The van der Waals surface area contributed by atoms with Crippen molar-refractivity contribution in [1.82, 2.24) is 5.43 Å². The van der Waals surface area contributed by atoms with E-state index in [1.807, 2.05) is 0 Å². The van der Waals surface area contributed by atoms with Crippen LogP contribution in [0.15, 0.2) is 77.9 Å². The first-order chi connectivity index (χ1) is 15.0. The van der Waals surface area contributed by atoms with Crippen LogP contribution in [-0.4, -0.2) is 30.1 Å². The maximum atomic E-state index is 12.3. The predicted octanol–water partition coefficient (Wildman–Crippen LogP) is 3.62. The highest BCUT2D eigenvalue weighted by atomic mass is 16.6. The number of carbonyl (C=O) groups is 2. The Morgan fingerprint density at radius 2 is 1.55 bits per heavy atom. The summed E-state index contributed by atoms with van der Waals surface area (Å²) in [6, 6.07) is 18.9. The van der Waals surface area contributed by atoms with Crippen LogP contribution < -0.4 is 15.5 Å². The number of ether oxygens (including phenoxy) is 1. The lowest BCUT2D eigenvalue weighted by Crippen LogP contribution is -2.18. The Morgan fingerprint density at radius 3 is 2.19 bits per heavy atom. The van der Waals surface area contributed by atoms with Gasteiger partial charge in [0.2, 0.25) is 0 Å². The molecule has 2 amide bonds. The number of hydrogen-bond donors (Lipinski definition) is 2. The molecule has 0 fully saturated rings. The van der Waals surface area contributed by atoms with Crippen LogP contribution in [0, 0.1) is 10.1 Å². The molecular formula is C22H18N4O5. The van der Waals surface area contributed by atoms with E-state index in [2.05, 4.69) is 15.8 Å². The number of nitro groups is 1. The molecule has 0 radical (unpaired) electrons. The fourth-order valence-corrected chi connectivity index (χ4v) is 2.64. The van der Waals surface area contributed by atoms with Gasteiger partial charge in [-0.2, -0.15) is 5.10 Å². The summed E-state index contributed by atoms with van der Waals surface area (Å²) in [5, 5.41) is 17.5. The van der Waals surface area contributed by atoms with Crippen molar-refractivity contribution in [2.24, 2.45) is 5.10 Å². The van der Waals surface area contributed by atoms with Gasteiger partial charge in [0.25, 0.3) is 17.5 Å². The lowest BCUT2D eigenvalue weighted by molar-refractivity contribution is -0.385. The minimum atomic E-state index is -0.526. The van der Waals surface area contributed by atoms with E-state index in [4.69, 9.17) is 4.74 Å². The number of benzene rings is 3. The fraction of sp³-hybridized carbons (Fsp3) is 0.0455. The van der Waals surface area contributed by atoms with E-state index in [-0.39, 0.29) is 17.2 Å². The van der Waals surface area contributed by atoms with Crippen molar-refractivity contribution in [3.8, 4) is 5.75 Å². The SMILES string of the molecule is COc1ccc(C(=O)Nc2ccc(C(=O)N/N=C/c3ccccc3[N+](=O)[O-])cc2)cc1. The Labute approximate surface area is 177 Å². The van der Waals surface area contributed by atoms with Crippen molar-refractivity contribution in [3.05, 3.63) is 99.6 Å². The van der Waals surface area contributed by atoms with Gasteiger partial charge in [0.15, 0.2) is 0 Å². The smallest absolute Gasteiger partial charge is 0.278 e. The van der Waals surface area contributed by atoms with Crippen LogP contribution in [0.5, 0.6) is 5.75 Å². The number of nitro benzene ring substituents is 1. The summed E-state index contributed by atoms with van der Waals surface area (Å²) in [4.78, 5) is 35.0. The normalized spacial score (nSPS) is 10.5. The van der Waals surface area contributed by atoms with Crippen LogP contribution in [0.25, 0.3) is 0 Å². The van der Waals surface area contributed by atoms with E-state index in [1.165, 1.54) is 30.5 Å². The summed E-state index contributed by atoms with van der Waals surface area (Å²) in [5.74, 6) is -0.145. The lowest BCUT2D eigenvalue weighted by atomic mass is 10.1. The van der Waals surface area contributed by atoms with Crippen LogP contribution in [-0.2, 0) is 0 Å². The van der Waals surface area contributed by atoms with Gasteiger partial charge in [0, 0.05) is 22.9 Å². The summed E-state index contributed by atoms with van der Waals surface area (Å²) in [7, 11) is 1.55. The molecule has 31 heavy (non-hydrogen) atoms. The number of rotatable bonds is 7. The van der Waals surface area contributed by atoms with Crippen LogP contribution >= 0.6 is 0 Å². The van der Waals surface area contributed by atoms with Crippen LogP contribution in [0.4, 0.5) is 11.4 Å². The summed E-state index contributed by atoms with van der Waals surface area (Å²) in [6.07, 6.45) is 1.21. The van der Waals surface area contributed by atoms with Gasteiger partial charge in [0.1, 0.15) is 5.75 Å². The highest BCUT2D eigenvalue weighted by molar-refractivity contribution is 6.04. The molecule has 9 nitrogen and oxygen atoms in total. The van der Waals surface area contributed by atoms with Crippen molar-refractivity contribution in [3.63, 3.8) is 0 Å². The second kappa shape index (κ2) is 9.79. The van der Waals surface area contributed by atoms with Crippen molar-refractivity contribution in [2.75, 3.05) is 12.4 Å². The van der Waals surface area contributed by atoms with E-state index in [0.717, 1.165) is 0 Å². The molecule has 0 saturated carbocycles. The Morgan fingerprint density at radius 1 is 0.935 bits per heavy atom. The average molecular weight is 418 g/mol. The summed E-state index contributed by atoms with van der Waals surface area (Å²) < 4.78 is 5.06. The Balaban J connectivity index is 1.60. The quantitative estimate of drug-likeness (QED) is 0.345. The third-order valence-electron chi connectivity index (χ3n) is 4.26. The van der Waals surface area contributed by atoms with Crippen molar-refractivity contribution in [1.29, 1.82) is 0 Å². The molecule has 0 atom stereocenters. The zero-order valence-electron chi connectivity index (χ0n) is 16.4. The first-order valence-electron chi connectivity index (χ1n) is 9.10. The topological polar surface area (TPSA) is 123 Å². The molecule has 156 valence electrons. The average Bonchev–Trinajstić information content (AvgIpc) is 2.79. The zero-order chi connectivity index (χ0) is 22.2. The minimum Gasteiger partial charge on any atom is -0.497 e. The number of para-hydroxylation sites is 1. The van der Waals surface area contributed by atoms with E-state index in [1.54, 1.807) is 55.6 Å². The zero-order valence-corrected chi connectivity index (χ0v) is 16.4. The summed E-state index contributed by atoms with van der Waals surface area (Å²) in [5.41, 5.74) is 3.76. The van der Waals surface area contributed by atoms with Crippen molar-refractivity contribution < 1.29 is 19.2 Å². The number of hydrazone groups is 1. The molecule has 3 aromatic rings. The third kappa shape index (κ3) is 5.51. The number of nitrogens with one attached hydrogen (secondary N) is 2. The molecule has 0 aliphatic carbocycles. The number of carbonyl (C=O) groups excluding carboxylic acids is 2. The molecule has 0 heterocycles. The van der Waals surface area contributed by atoms with Crippen LogP contribution in [0.2, 0.25) is 0 Å². The number of amides is 2. The van der Waals surface area contributed by atoms with Gasteiger partial charge in [0.05, 0.1) is 23.8 Å². The van der Waals surface area contributed by atoms with Gasteiger partial charge < -0.3 is 10.1 Å². The van der Waals surface area contributed by atoms with E-state index < -0.39 is 10.8 Å². The van der Waals surface area contributed by atoms with Gasteiger partial charge >= 0.3 is 0 Å². The third-order valence-corrected chi connectivity index (χ3v) is 4.26. The van der Waals surface area contributed by atoms with Gasteiger partial charge in [-0.1, -0.05) is 12.1 Å². The molecule has 0 spiro atoms. The molecule has 3 rings (SSSR count). The molecular weight excluding hydrogens is 400 g/mol. The predicted molar refractivity (Wildman–Crippen MR) is 116 cm³/mol. The highest BCUT2D eigenvalue weighted by Gasteiger charge is 2.11. The van der Waals surface area contributed by atoms with E-state index in [0.29, 0.717) is 22.6 Å². The van der Waals surface area contributed by atoms with Gasteiger partial charge in [-0.05, 0) is 54.6 Å². The molecule has 0 saturated heterocycles. The molecule has 0 aromatic heterocycles. The second-order valence-electron chi connectivity index (χ2n) is 6.28. The standard InChI is InChI=1S/C22H18N4O5/c1-31-19-12-8-15(9-13-19)21(27)24-18-10-6-16(7-11-18)22(28)25-23-14-17-4-2-3-5-20(17)26(29)30/h2-14H,1H3,(H,24,27)(H,25,28)/b23-14+. The molecule has 9 heteroatoms. The van der Waals surface area contributed by atoms with Crippen LogP contribution in [0.3, 0.4) is 0 Å². The van der Waals surface area contributed by atoms with E-state index >= 15 is 0 Å². The summed E-state index contributed by atoms with van der Waals surface area (Å²) in [6.45, 7) is 0. The largest absolute Gasteiger partial charge is 0.497 e. The lowest BCUT2D eigenvalue weighted by Gasteiger charge is -2.07. The van der Waals surface area contributed by atoms with E-state index in [9.17, 15) is 19.7 Å². The van der Waals surface area contributed by atoms with Crippen LogP contribution in [0.1, 0.15) is 26.3 Å². The summed E-state index contributed by atoms with van der Waals surface area (Å²) >= 11 is 0. The Hall–Kier alpha value is -4.53. The minimum absolute atomic E-state index is 0.113. The molecule has 3 aromatic carbocycles. The molecule has 0 aliphatic heterocycles. The molecule has 0 unspecified atom stereocenters. The van der Waals surface area contributed by atoms with Gasteiger partial charge in [-0.25, -0.2) is 5.43 Å². The maximum absolute atomic E-state index is 12.3. The number of nitrogens with zero attached hydrogens (tertiary/aromatic N) is 2. The fourth-order valence-electron chi connectivity index (χ4n) is 2.64. The van der Waals surface area contributed by atoms with Crippen molar-refractivity contribution >= 4 is 29.4 Å². The first kappa shape index (κ1) is 21.2. The Kier molecular flexibility index (Phi) is 6.69. The molecule has 2 N–H and O–H groups in total. The number of anilines is 1. The first-order valence-corrected chi connectivity index (χ1v) is 9.10. The second-order valence-corrected chi connectivity index (χ2v) is 6.28. The monoisotopic (exact) mass is 418 g/mol. The number of methoxy groups -OCH3 is 1. The Bertz CT molecular complexity index is 1130. The highest BCUT2D eigenvalue weighted by Crippen LogP contribution is 2.16. The number of hydrogen-bond acceptors (Lipinski definition) is 6. The maximum Gasteiger partial charge on any atom is 0.278 e. The molecule has 0 bridgehead atoms.